The maximum absolute atomic E-state index is 13.0. The number of rotatable bonds is 9. The van der Waals surface area contributed by atoms with Crippen LogP contribution in [0.25, 0.3) is 11.1 Å². The topological polar surface area (TPSA) is 76.1 Å². The number of esters is 1. The molecule has 0 bridgehead atoms. The maximum Gasteiger partial charge on any atom is 0.355 e. The van der Waals surface area contributed by atoms with Crippen molar-refractivity contribution in [3.63, 3.8) is 0 Å². The highest BCUT2D eigenvalue weighted by Gasteiger charge is 2.59. The second-order valence-corrected chi connectivity index (χ2v) is 10.2. The lowest BCUT2D eigenvalue weighted by Crippen LogP contribution is -2.62. The fourth-order valence-corrected chi connectivity index (χ4v) is 6.25. The van der Waals surface area contributed by atoms with Gasteiger partial charge in [0, 0.05) is 29.6 Å². The molecule has 4 unspecified atom stereocenters. The van der Waals surface area contributed by atoms with Crippen molar-refractivity contribution in [1.82, 2.24) is 4.90 Å². The summed E-state index contributed by atoms with van der Waals surface area (Å²) in [6, 6.07) is 14.2. The molecule has 4 atom stereocenters. The third-order valence-corrected chi connectivity index (χ3v) is 7.88. The molecule has 1 fully saturated rings. The Morgan fingerprint density at radius 3 is 2.64 bits per heavy atom. The van der Waals surface area contributed by atoms with Crippen molar-refractivity contribution in [3.8, 4) is 16.9 Å². The Balaban J connectivity index is 1.49. The number of amides is 1. The summed E-state index contributed by atoms with van der Waals surface area (Å²) in [7, 11) is 0. The summed E-state index contributed by atoms with van der Waals surface area (Å²) in [5.74, 6) is 0.363. The van der Waals surface area contributed by atoms with E-state index >= 15 is 0 Å². The van der Waals surface area contributed by atoms with Gasteiger partial charge in [-0.1, -0.05) is 69.8 Å². The van der Waals surface area contributed by atoms with E-state index < -0.39 is 5.97 Å². The first-order valence-corrected chi connectivity index (χ1v) is 12.7. The molecule has 188 valence electrons. The Hall–Kier alpha value is -3.38. The van der Waals surface area contributed by atoms with Crippen molar-refractivity contribution < 1.29 is 24.2 Å². The van der Waals surface area contributed by atoms with Gasteiger partial charge in [0.1, 0.15) is 24.7 Å². The van der Waals surface area contributed by atoms with E-state index in [4.69, 9.17) is 9.47 Å². The number of benzene rings is 2. The summed E-state index contributed by atoms with van der Waals surface area (Å²) in [5, 5.41) is 9.68. The average Bonchev–Trinajstić information content (AvgIpc) is 3.31. The van der Waals surface area contributed by atoms with Gasteiger partial charge in [-0.3, -0.25) is 4.79 Å². The Morgan fingerprint density at radius 2 is 1.92 bits per heavy atom. The number of fused-ring (bicyclic) bond motifs is 4. The van der Waals surface area contributed by atoms with Gasteiger partial charge in [-0.25, -0.2) is 4.79 Å². The molecule has 0 radical (unpaired) electrons. The van der Waals surface area contributed by atoms with Crippen LogP contribution >= 0.6 is 0 Å². The molecule has 1 aliphatic carbocycles. The molecule has 2 heterocycles. The normalized spacial score (nSPS) is 23.8. The van der Waals surface area contributed by atoms with E-state index in [1.165, 1.54) is 11.6 Å². The molecule has 0 aromatic heterocycles. The summed E-state index contributed by atoms with van der Waals surface area (Å²) in [5.41, 5.74) is 5.59. The zero-order valence-corrected chi connectivity index (χ0v) is 21.1. The largest absolute Gasteiger partial charge is 0.488 e. The van der Waals surface area contributed by atoms with Crippen LogP contribution in [0.5, 0.6) is 5.75 Å². The van der Waals surface area contributed by atoms with Crippen LogP contribution in [-0.4, -0.2) is 47.7 Å². The van der Waals surface area contributed by atoms with Gasteiger partial charge in [0.2, 0.25) is 5.91 Å². The molecule has 2 aromatic carbocycles. The van der Waals surface area contributed by atoms with E-state index in [1.54, 1.807) is 4.90 Å². The van der Waals surface area contributed by atoms with Crippen LogP contribution in [-0.2, 0) is 14.3 Å². The lowest BCUT2D eigenvalue weighted by molar-refractivity contribution is -0.160. The predicted octanol–water partition coefficient (Wildman–Crippen LogP) is 4.68. The van der Waals surface area contributed by atoms with E-state index in [9.17, 15) is 14.7 Å². The van der Waals surface area contributed by atoms with Crippen LogP contribution in [0.2, 0.25) is 0 Å². The van der Waals surface area contributed by atoms with Crippen LogP contribution in [0.4, 0.5) is 0 Å². The molecule has 2 aromatic rings. The van der Waals surface area contributed by atoms with Crippen LogP contribution in [0.1, 0.15) is 44.2 Å². The third-order valence-electron chi connectivity index (χ3n) is 7.88. The molecular weight excluding hydrogens is 454 g/mol. The minimum absolute atomic E-state index is 0.0208. The van der Waals surface area contributed by atoms with E-state index in [0.717, 1.165) is 28.0 Å². The van der Waals surface area contributed by atoms with Crippen molar-refractivity contribution in [1.29, 1.82) is 0 Å². The molecule has 0 saturated carbocycles. The van der Waals surface area contributed by atoms with Gasteiger partial charge in [-0.2, -0.15) is 0 Å². The van der Waals surface area contributed by atoms with Gasteiger partial charge in [-0.05, 0) is 35.1 Å². The molecule has 6 nitrogen and oxygen atoms in total. The lowest BCUT2D eigenvalue weighted by atomic mass is 9.74. The maximum atomic E-state index is 13.0. The number of hydrogen-bond donors (Lipinski definition) is 1. The minimum atomic E-state index is -0.509. The fourth-order valence-electron chi connectivity index (χ4n) is 6.25. The van der Waals surface area contributed by atoms with E-state index in [2.05, 4.69) is 31.7 Å². The number of hydrogen-bond acceptors (Lipinski definition) is 5. The zero-order valence-electron chi connectivity index (χ0n) is 21.1. The standard InChI is InChI=1S/C30H33NO5/c1-5-15-35-30(34)28-23(18(4)27-25(17(2)3)29(33)31(27)28)16-36-24-12-8-11-22-20(13-14-32)19-9-6-7-10-21(19)26(22)24/h5-12,17-18,20,25,27,32H,1,13-16H2,2-4H3. The summed E-state index contributed by atoms with van der Waals surface area (Å²) in [6.45, 7) is 10.2. The van der Waals surface area contributed by atoms with E-state index in [0.29, 0.717) is 12.1 Å². The predicted molar refractivity (Wildman–Crippen MR) is 137 cm³/mol. The molecule has 3 aliphatic rings. The number of aliphatic hydroxyl groups excluding tert-OH is 1. The SMILES string of the molecule is C=CCOC(=O)C1=C(COc2cccc3c2-c2ccccc2C3CCO)C(C)C2C(C(C)C)C(=O)N12. The molecule has 2 aliphatic heterocycles. The Bertz CT molecular complexity index is 1250. The van der Waals surface area contributed by atoms with E-state index in [1.807, 2.05) is 38.1 Å². The van der Waals surface area contributed by atoms with Crippen LogP contribution < -0.4 is 4.74 Å². The lowest BCUT2D eigenvalue weighted by Gasteiger charge is -2.47. The molecule has 5 rings (SSSR count). The second-order valence-electron chi connectivity index (χ2n) is 10.2. The van der Waals surface area contributed by atoms with Gasteiger partial charge in [0.25, 0.3) is 0 Å². The number of β-lactam (4-membered cyclic amide) rings is 1. The van der Waals surface area contributed by atoms with Gasteiger partial charge in [0.15, 0.2) is 0 Å². The highest BCUT2D eigenvalue weighted by Crippen LogP contribution is 2.51. The minimum Gasteiger partial charge on any atom is -0.488 e. The fraction of sp³-hybridized carbons (Fsp3) is 0.400. The second kappa shape index (κ2) is 9.58. The molecule has 36 heavy (non-hydrogen) atoms. The number of carbonyl (C=O) groups excluding carboxylic acids is 2. The first-order valence-electron chi connectivity index (χ1n) is 12.7. The van der Waals surface area contributed by atoms with Gasteiger partial charge in [-0.15, -0.1) is 0 Å². The van der Waals surface area contributed by atoms with Crippen LogP contribution in [0, 0.1) is 17.8 Å². The molecule has 0 spiro atoms. The quantitative estimate of drug-likeness (QED) is 0.316. The van der Waals surface area contributed by atoms with Crippen molar-refractivity contribution in [2.75, 3.05) is 19.8 Å². The smallest absolute Gasteiger partial charge is 0.355 e. The van der Waals surface area contributed by atoms with Gasteiger partial charge >= 0.3 is 5.97 Å². The molecule has 1 saturated heterocycles. The van der Waals surface area contributed by atoms with Crippen molar-refractivity contribution in [2.24, 2.45) is 17.8 Å². The van der Waals surface area contributed by atoms with Crippen molar-refractivity contribution in [3.05, 3.63) is 77.5 Å². The summed E-state index contributed by atoms with van der Waals surface area (Å²) < 4.78 is 11.8. The number of nitrogens with zero attached hydrogens (tertiary/aromatic N) is 1. The third kappa shape index (κ3) is 3.66. The Labute approximate surface area is 212 Å². The van der Waals surface area contributed by atoms with Crippen molar-refractivity contribution >= 4 is 11.9 Å². The van der Waals surface area contributed by atoms with E-state index in [-0.39, 0.29) is 55.4 Å². The summed E-state index contributed by atoms with van der Waals surface area (Å²) >= 11 is 0. The van der Waals surface area contributed by atoms with Crippen LogP contribution in [0.15, 0.2) is 66.4 Å². The zero-order chi connectivity index (χ0) is 25.6. The Kier molecular flexibility index (Phi) is 6.47. The highest BCUT2D eigenvalue weighted by molar-refractivity contribution is 6.00. The van der Waals surface area contributed by atoms with Gasteiger partial charge < -0.3 is 19.5 Å². The number of carbonyl (C=O) groups is 2. The average molecular weight is 488 g/mol. The number of ether oxygens (including phenoxy) is 2. The van der Waals surface area contributed by atoms with Crippen molar-refractivity contribution in [2.45, 2.75) is 39.2 Å². The first-order chi connectivity index (χ1) is 17.4. The summed E-state index contributed by atoms with van der Waals surface area (Å²) in [6.07, 6.45) is 2.16. The van der Waals surface area contributed by atoms with Crippen LogP contribution in [0.3, 0.4) is 0 Å². The summed E-state index contributed by atoms with van der Waals surface area (Å²) in [4.78, 5) is 27.7. The number of aliphatic hydroxyl groups is 1. The van der Waals surface area contributed by atoms with Gasteiger partial charge in [0.05, 0.1) is 12.0 Å². The monoisotopic (exact) mass is 487 g/mol. The highest BCUT2D eigenvalue weighted by atomic mass is 16.5. The first kappa shape index (κ1) is 24.3. The Morgan fingerprint density at radius 1 is 1.17 bits per heavy atom. The molecule has 1 N–H and O–H groups in total. The molecule has 6 heteroatoms. The molecule has 1 amide bonds. The molecular formula is C30H33NO5.